The number of rotatable bonds is 10. The van der Waals surface area contributed by atoms with Crippen LogP contribution in [0.2, 0.25) is 0 Å². The number of anilines is 1. The molecule has 0 aliphatic rings. The standard InChI is InChI=1S/C18H19F2N5O4/c1-22-15(4-10(21)8-26)25-18-23-6-11(7-24-18)29-9-12-16(19)13(27-2)5-14(28-3)17(12)20/h4-8,21-22H,9H2,1-3H3,(H,23,24,25)/b15-4+,21-10?. The predicted molar refractivity (Wildman–Crippen MR) is 100 cm³/mol. The molecule has 1 aromatic carbocycles. The number of carbonyl (C=O) groups excluding carboxylic acids is 1. The van der Waals surface area contributed by atoms with Gasteiger partial charge in [-0.15, -0.1) is 0 Å². The predicted octanol–water partition coefficient (Wildman–Crippen LogP) is 2.04. The second-order valence-electron chi connectivity index (χ2n) is 5.42. The number of hydrogen-bond acceptors (Lipinski definition) is 9. The first-order valence-corrected chi connectivity index (χ1v) is 8.17. The summed E-state index contributed by atoms with van der Waals surface area (Å²) in [7, 11) is 4.09. The van der Waals surface area contributed by atoms with Crippen molar-refractivity contribution in [1.29, 1.82) is 5.41 Å². The number of benzene rings is 1. The first-order chi connectivity index (χ1) is 13.9. The highest BCUT2D eigenvalue weighted by molar-refractivity contribution is 6.32. The summed E-state index contributed by atoms with van der Waals surface area (Å²) in [5.41, 5.74) is -0.615. The number of aromatic nitrogens is 2. The second kappa shape index (κ2) is 9.97. The van der Waals surface area contributed by atoms with E-state index in [4.69, 9.17) is 19.6 Å². The number of halogens is 2. The number of ether oxygens (including phenoxy) is 3. The van der Waals surface area contributed by atoms with Crippen molar-refractivity contribution < 1.29 is 27.8 Å². The van der Waals surface area contributed by atoms with E-state index in [1.165, 1.54) is 32.7 Å². The monoisotopic (exact) mass is 407 g/mol. The van der Waals surface area contributed by atoms with Crippen molar-refractivity contribution in [2.24, 2.45) is 0 Å². The van der Waals surface area contributed by atoms with Crippen LogP contribution in [0.4, 0.5) is 14.7 Å². The lowest BCUT2D eigenvalue weighted by Crippen LogP contribution is -2.18. The van der Waals surface area contributed by atoms with E-state index in [0.717, 1.165) is 6.07 Å². The quantitative estimate of drug-likeness (QED) is 0.405. The molecular weight excluding hydrogens is 388 g/mol. The second-order valence-corrected chi connectivity index (χ2v) is 5.42. The van der Waals surface area contributed by atoms with Crippen LogP contribution >= 0.6 is 0 Å². The maximum atomic E-state index is 14.3. The minimum Gasteiger partial charge on any atom is -0.494 e. The van der Waals surface area contributed by atoms with Crippen LogP contribution in [0.25, 0.3) is 0 Å². The molecule has 29 heavy (non-hydrogen) atoms. The highest BCUT2D eigenvalue weighted by Crippen LogP contribution is 2.31. The molecule has 2 rings (SSSR count). The van der Waals surface area contributed by atoms with E-state index in [1.807, 2.05) is 0 Å². The molecule has 0 unspecified atom stereocenters. The van der Waals surface area contributed by atoms with Crippen molar-refractivity contribution in [3.8, 4) is 17.2 Å². The fraction of sp³-hybridized carbons (Fsp3) is 0.222. The zero-order chi connectivity index (χ0) is 21.4. The molecular formula is C18H19F2N5O4. The molecule has 0 fully saturated rings. The Morgan fingerprint density at radius 2 is 1.76 bits per heavy atom. The Morgan fingerprint density at radius 1 is 1.17 bits per heavy atom. The third-order valence-corrected chi connectivity index (χ3v) is 3.62. The van der Waals surface area contributed by atoms with Gasteiger partial charge in [-0.25, -0.2) is 18.7 Å². The summed E-state index contributed by atoms with van der Waals surface area (Å²) in [5.74, 6) is -1.51. The molecule has 0 atom stereocenters. The van der Waals surface area contributed by atoms with E-state index < -0.39 is 18.2 Å². The van der Waals surface area contributed by atoms with Crippen LogP contribution < -0.4 is 24.8 Å². The summed E-state index contributed by atoms with van der Waals surface area (Å²) in [4.78, 5) is 18.5. The van der Waals surface area contributed by atoms with Crippen LogP contribution in [0, 0.1) is 17.0 Å². The summed E-state index contributed by atoms with van der Waals surface area (Å²) in [5, 5.41) is 12.8. The van der Waals surface area contributed by atoms with Crippen molar-refractivity contribution in [1.82, 2.24) is 15.3 Å². The molecule has 0 spiro atoms. The Kier molecular flexibility index (Phi) is 7.40. The maximum Gasteiger partial charge on any atom is 0.228 e. The van der Waals surface area contributed by atoms with Gasteiger partial charge in [0, 0.05) is 19.2 Å². The first kappa shape index (κ1) is 21.5. The molecule has 3 N–H and O–H groups in total. The highest BCUT2D eigenvalue weighted by Gasteiger charge is 2.20. The Balaban J connectivity index is 2.12. The average molecular weight is 407 g/mol. The third-order valence-electron chi connectivity index (χ3n) is 3.62. The molecule has 2 aromatic rings. The van der Waals surface area contributed by atoms with Gasteiger partial charge in [0.2, 0.25) is 5.95 Å². The van der Waals surface area contributed by atoms with Crippen LogP contribution in [0.1, 0.15) is 5.56 Å². The lowest BCUT2D eigenvalue weighted by molar-refractivity contribution is -0.102. The molecule has 0 amide bonds. The summed E-state index contributed by atoms with van der Waals surface area (Å²) in [6, 6.07) is 1.11. The van der Waals surface area contributed by atoms with Crippen LogP contribution in [-0.2, 0) is 11.4 Å². The number of hydrogen-bond donors (Lipinski definition) is 3. The van der Waals surface area contributed by atoms with Gasteiger partial charge in [0.1, 0.15) is 12.4 Å². The van der Waals surface area contributed by atoms with Crippen molar-refractivity contribution in [2.75, 3.05) is 26.6 Å². The molecule has 1 heterocycles. The van der Waals surface area contributed by atoms with Crippen molar-refractivity contribution in [3.63, 3.8) is 0 Å². The minimum absolute atomic E-state index is 0.150. The van der Waals surface area contributed by atoms with E-state index in [0.29, 0.717) is 12.1 Å². The molecule has 0 saturated carbocycles. The largest absolute Gasteiger partial charge is 0.494 e. The number of nitrogens with one attached hydrogen (secondary N) is 3. The first-order valence-electron chi connectivity index (χ1n) is 8.17. The smallest absolute Gasteiger partial charge is 0.228 e. The lowest BCUT2D eigenvalue weighted by Gasteiger charge is -2.13. The molecule has 0 aliphatic heterocycles. The van der Waals surface area contributed by atoms with E-state index >= 15 is 0 Å². The van der Waals surface area contributed by atoms with Gasteiger partial charge in [-0.2, -0.15) is 0 Å². The molecule has 9 nitrogen and oxygen atoms in total. The molecule has 0 aliphatic carbocycles. The number of aldehydes is 1. The van der Waals surface area contributed by atoms with E-state index in [9.17, 15) is 13.6 Å². The molecule has 0 bridgehead atoms. The molecule has 11 heteroatoms. The Morgan fingerprint density at radius 3 is 2.24 bits per heavy atom. The average Bonchev–Trinajstić information content (AvgIpc) is 2.74. The fourth-order valence-electron chi connectivity index (χ4n) is 2.15. The topological polar surface area (TPSA) is 118 Å². The van der Waals surface area contributed by atoms with E-state index in [-0.39, 0.29) is 34.5 Å². The van der Waals surface area contributed by atoms with Crippen molar-refractivity contribution >= 4 is 17.9 Å². The number of methoxy groups -OCH3 is 2. The molecule has 1 aromatic heterocycles. The minimum atomic E-state index is -0.897. The maximum absolute atomic E-state index is 14.3. The number of allylic oxidation sites excluding steroid dienone is 1. The number of carbonyl (C=O) groups is 1. The summed E-state index contributed by atoms with van der Waals surface area (Å²) >= 11 is 0. The third kappa shape index (κ3) is 5.37. The Bertz CT molecular complexity index is 891. The van der Waals surface area contributed by atoms with E-state index in [2.05, 4.69) is 20.6 Å². The van der Waals surface area contributed by atoms with Gasteiger partial charge in [-0.1, -0.05) is 0 Å². The van der Waals surface area contributed by atoms with Crippen LogP contribution in [-0.4, -0.2) is 43.2 Å². The number of nitrogens with zero attached hydrogens (tertiary/aromatic N) is 2. The zero-order valence-electron chi connectivity index (χ0n) is 15.9. The van der Waals surface area contributed by atoms with Gasteiger partial charge in [-0.05, 0) is 0 Å². The van der Waals surface area contributed by atoms with Gasteiger partial charge in [0.15, 0.2) is 35.2 Å². The van der Waals surface area contributed by atoms with Gasteiger partial charge in [0.25, 0.3) is 0 Å². The fourth-order valence-corrected chi connectivity index (χ4v) is 2.15. The van der Waals surface area contributed by atoms with Crippen molar-refractivity contribution in [3.05, 3.63) is 47.6 Å². The van der Waals surface area contributed by atoms with E-state index in [1.54, 1.807) is 7.05 Å². The molecule has 154 valence electrons. The van der Waals surface area contributed by atoms with Crippen LogP contribution in [0.15, 0.2) is 30.4 Å². The van der Waals surface area contributed by atoms with Gasteiger partial charge < -0.3 is 24.8 Å². The van der Waals surface area contributed by atoms with Gasteiger partial charge >= 0.3 is 0 Å². The molecule has 0 radical (unpaired) electrons. The Labute approximate surface area is 165 Å². The summed E-state index contributed by atoms with van der Waals surface area (Å²) in [6.07, 6.45) is 4.22. The highest BCUT2D eigenvalue weighted by atomic mass is 19.1. The summed E-state index contributed by atoms with van der Waals surface area (Å²) < 4.78 is 43.8. The SMILES string of the molecule is CN/C(=C\C(=N)C=O)Nc1ncc(OCc2c(F)c(OC)cc(OC)c2F)cn1. The van der Waals surface area contributed by atoms with Crippen molar-refractivity contribution in [2.45, 2.75) is 6.61 Å². The lowest BCUT2D eigenvalue weighted by atomic mass is 10.1. The summed E-state index contributed by atoms with van der Waals surface area (Å²) in [6.45, 7) is -0.445. The van der Waals surface area contributed by atoms with Crippen LogP contribution in [0.3, 0.4) is 0 Å². The Hall–Kier alpha value is -3.76. The normalized spacial score (nSPS) is 10.9. The molecule has 0 saturated heterocycles. The zero-order valence-corrected chi connectivity index (χ0v) is 15.9. The van der Waals surface area contributed by atoms with Gasteiger partial charge in [0.05, 0.1) is 37.9 Å². The van der Waals surface area contributed by atoms with Crippen LogP contribution in [0.5, 0.6) is 17.2 Å². The van der Waals surface area contributed by atoms with Gasteiger partial charge in [-0.3, -0.25) is 10.2 Å².